The van der Waals surface area contributed by atoms with E-state index in [0.717, 1.165) is 11.1 Å². The molecule has 4 rings (SSSR count). The molecule has 0 aromatic heterocycles. The van der Waals surface area contributed by atoms with Crippen LogP contribution in [0.1, 0.15) is 31.8 Å². The molecule has 0 N–H and O–H groups in total. The molecule has 2 aliphatic rings. The number of epoxide rings is 2. The molecule has 0 spiro atoms. The molecule has 27 heavy (non-hydrogen) atoms. The summed E-state index contributed by atoms with van der Waals surface area (Å²) in [6, 6.07) is 14.9. The lowest BCUT2D eigenvalue weighted by Gasteiger charge is -2.16. The van der Waals surface area contributed by atoms with Gasteiger partial charge in [0.05, 0.1) is 26.4 Å². The summed E-state index contributed by atoms with van der Waals surface area (Å²) in [4.78, 5) is 25.6. The van der Waals surface area contributed by atoms with Crippen molar-refractivity contribution in [1.29, 1.82) is 0 Å². The summed E-state index contributed by atoms with van der Waals surface area (Å²) >= 11 is 0. The first-order chi connectivity index (χ1) is 13.0. The van der Waals surface area contributed by atoms with Crippen molar-refractivity contribution < 1.29 is 23.8 Å². The Kier molecular flexibility index (Phi) is 4.46. The van der Waals surface area contributed by atoms with Crippen LogP contribution in [0.2, 0.25) is 0 Å². The molecule has 0 amide bonds. The molecule has 2 unspecified atom stereocenters. The number of ketones is 2. The van der Waals surface area contributed by atoms with Crippen molar-refractivity contribution in [2.45, 2.75) is 25.0 Å². The third-order valence-corrected chi connectivity index (χ3v) is 5.26. The molecule has 2 heterocycles. The first kappa shape index (κ1) is 18.0. The second-order valence-electron chi connectivity index (χ2n) is 7.35. The number of ether oxygens (including phenoxy) is 3. The Hall–Kier alpha value is -2.34. The van der Waals surface area contributed by atoms with Crippen molar-refractivity contribution in [3.63, 3.8) is 0 Å². The van der Waals surface area contributed by atoms with E-state index in [9.17, 15) is 9.59 Å². The summed E-state index contributed by atoms with van der Waals surface area (Å²) in [5.74, 6) is -0.145. The fourth-order valence-electron chi connectivity index (χ4n) is 3.26. The zero-order chi connectivity index (χ0) is 19.1. The summed E-state index contributed by atoms with van der Waals surface area (Å²) in [5.41, 5.74) is 1.24. The highest BCUT2D eigenvalue weighted by Gasteiger charge is 2.56. The number of benzene rings is 2. The van der Waals surface area contributed by atoms with Gasteiger partial charge >= 0.3 is 0 Å². The predicted molar refractivity (Wildman–Crippen MR) is 99.2 cm³/mol. The lowest BCUT2D eigenvalue weighted by Crippen LogP contribution is -2.36. The number of hydrogen-bond acceptors (Lipinski definition) is 5. The molecule has 0 aliphatic carbocycles. The highest BCUT2D eigenvalue weighted by Crippen LogP contribution is 2.36. The first-order valence-corrected chi connectivity index (χ1v) is 9.04. The molecular weight excluding hydrogens is 344 g/mol. The van der Waals surface area contributed by atoms with Crippen molar-refractivity contribution in [3.8, 4) is 0 Å². The first-order valence-electron chi connectivity index (χ1n) is 9.04. The van der Waals surface area contributed by atoms with Gasteiger partial charge in [-0.1, -0.05) is 48.5 Å². The Morgan fingerprint density at radius 3 is 1.52 bits per heavy atom. The largest absolute Gasteiger partial charge is 0.374 e. The Labute approximate surface area is 158 Å². The average Bonchev–Trinajstić information content (AvgIpc) is 3.58. The van der Waals surface area contributed by atoms with Gasteiger partial charge < -0.3 is 14.2 Å². The number of carbonyl (C=O) groups excluding carboxylic acids is 2. The molecule has 5 heteroatoms. The van der Waals surface area contributed by atoms with Crippen LogP contribution in [0.5, 0.6) is 0 Å². The molecule has 5 nitrogen and oxygen atoms in total. The van der Waals surface area contributed by atoms with Crippen LogP contribution < -0.4 is 0 Å². The Morgan fingerprint density at radius 2 is 1.19 bits per heavy atom. The van der Waals surface area contributed by atoms with Gasteiger partial charge in [0.1, 0.15) is 0 Å². The van der Waals surface area contributed by atoms with Crippen molar-refractivity contribution >= 4 is 11.6 Å². The summed E-state index contributed by atoms with van der Waals surface area (Å²) < 4.78 is 16.7. The van der Waals surface area contributed by atoms with E-state index < -0.39 is 11.2 Å². The van der Waals surface area contributed by atoms with Crippen molar-refractivity contribution in [1.82, 2.24) is 0 Å². The maximum atomic E-state index is 12.8. The van der Waals surface area contributed by atoms with E-state index in [4.69, 9.17) is 14.2 Å². The third-order valence-electron chi connectivity index (χ3n) is 5.26. The van der Waals surface area contributed by atoms with Crippen molar-refractivity contribution in [3.05, 3.63) is 70.8 Å². The van der Waals surface area contributed by atoms with Gasteiger partial charge in [0.15, 0.2) is 22.8 Å². The van der Waals surface area contributed by atoms with Gasteiger partial charge in [0, 0.05) is 11.1 Å². The van der Waals surface area contributed by atoms with Crippen molar-refractivity contribution in [2.24, 2.45) is 0 Å². The lowest BCUT2D eigenvalue weighted by atomic mass is 9.94. The average molecular weight is 366 g/mol. The SMILES string of the molecule is Cc1ccccc1C(=O)C1(COCC2(C(=O)c3ccccc3C)CO2)CO1. The molecule has 0 radical (unpaired) electrons. The highest BCUT2D eigenvalue weighted by molar-refractivity contribution is 6.06. The smallest absolute Gasteiger partial charge is 0.199 e. The Morgan fingerprint density at radius 1 is 0.815 bits per heavy atom. The van der Waals surface area contributed by atoms with Crippen LogP contribution >= 0.6 is 0 Å². The predicted octanol–water partition coefficient (Wildman–Crippen LogP) is 2.92. The molecule has 0 bridgehead atoms. The van der Waals surface area contributed by atoms with Gasteiger partial charge in [-0.15, -0.1) is 0 Å². The molecule has 2 aromatic carbocycles. The van der Waals surface area contributed by atoms with E-state index in [1.807, 2.05) is 50.2 Å². The third kappa shape index (κ3) is 3.34. The van der Waals surface area contributed by atoms with E-state index in [0.29, 0.717) is 24.3 Å². The van der Waals surface area contributed by atoms with Crippen LogP contribution in [0.25, 0.3) is 0 Å². The van der Waals surface area contributed by atoms with Crippen LogP contribution in [0, 0.1) is 13.8 Å². The molecule has 140 valence electrons. The molecule has 2 atom stereocenters. The van der Waals surface area contributed by atoms with E-state index >= 15 is 0 Å². The summed E-state index contributed by atoms with van der Waals surface area (Å²) in [5, 5.41) is 0. The normalized spacial score (nSPS) is 25.9. The molecule has 2 saturated heterocycles. The molecule has 0 saturated carbocycles. The van der Waals surface area contributed by atoms with Gasteiger partial charge in [-0.05, 0) is 25.0 Å². The van der Waals surface area contributed by atoms with E-state index in [2.05, 4.69) is 0 Å². The molecule has 2 fully saturated rings. The Bertz CT molecular complexity index is 820. The van der Waals surface area contributed by atoms with Crippen LogP contribution in [0.3, 0.4) is 0 Å². The van der Waals surface area contributed by atoms with Gasteiger partial charge in [-0.2, -0.15) is 0 Å². The van der Waals surface area contributed by atoms with Gasteiger partial charge in [0.2, 0.25) is 0 Å². The monoisotopic (exact) mass is 366 g/mol. The van der Waals surface area contributed by atoms with Crippen LogP contribution in [-0.2, 0) is 14.2 Å². The van der Waals surface area contributed by atoms with Crippen LogP contribution in [-0.4, -0.2) is 49.2 Å². The van der Waals surface area contributed by atoms with Crippen LogP contribution in [0.4, 0.5) is 0 Å². The molecule has 2 aliphatic heterocycles. The summed E-state index contributed by atoms with van der Waals surface area (Å²) in [6.45, 7) is 4.70. The minimum absolute atomic E-state index is 0.0726. The van der Waals surface area contributed by atoms with Gasteiger partial charge in [-0.25, -0.2) is 0 Å². The van der Waals surface area contributed by atoms with Crippen LogP contribution in [0.15, 0.2) is 48.5 Å². The maximum Gasteiger partial charge on any atom is 0.199 e. The fraction of sp³-hybridized carbons (Fsp3) is 0.364. The number of aryl methyl sites for hydroxylation is 2. The summed E-state index contributed by atoms with van der Waals surface area (Å²) in [6.07, 6.45) is 0. The second kappa shape index (κ2) is 6.68. The van der Waals surface area contributed by atoms with E-state index in [1.54, 1.807) is 12.1 Å². The zero-order valence-corrected chi connectivity index (χ0v) is 15.5. The Balaban J connectivity index is 1.40. The minimum atomic E-state index is -0.937. The second-order valence-corrected chi connectivity index (χ2v) is 7.35. The minimum Gasteiger partial charge on any atom is -0.374 e. The number of carbonyl (C=O) groups is 2. The number of rotatable bonds is 8. The van der Waals surface area contributed by atoms with E-state index in [-0.39, 0.29) is 24.8 Å². The number of Topliss-reactive ketones (excluding diaryl/α,β-unsaturated/α-hetero) is 2. The zero-order valence-electron chi connectivity index (χ0n) is 15.5. The highest BCUT2D eigenvalue weighted by atomic mass is 16.6. The fourth-order valence-corrected chi connectivity index (χ4v) is 3.26. The molecular formula is C22H22O5. The standard InChI is InChI=1S/C22H22O5/c1-15-7-3-5-9-17(15)19(23)21(13-26-21)11-25-12-22(14-27-22)20(24)18-10-6-4-8-16(18)2/h3-10H,11-14H2,1-2H3. The topological polar surface area (TPSA) is 68.4 Å². The van der Waals surface area contributed by atoms with Gasteiger partial charge in [-0.3, -0.25) is 9.59 Å². The maximum absolute atomic E-state index is 12.8. The summed E-state index contributed by atoms with van der Waals surface area (Å²) in [7, 11) is 0. The van der Waals surface area contributed by atoms with E-state index in [1.165, 1.54) is 0 Å². The van der Waals surface area contributed by atoms with Gasteiger partial charge in [0.25, 0.3) is 0 Å². The molecule has 2 aromatic rings. The lowest BCUT2D eigenvalue weighted by molar-refractivity contribution is 0.0360. The van der Waals surface area contributed by atoms with Crippen molar-refractivity contribution in [2.75, 3.05) is 26.4 Å². The number of hydrogen-bond donors (Lipinski definition) is 0. The quantitative estimate of drug-likeness (QED) is 0.531.